The van der Waals surface area contributed by atoms with Crippen molar-refractivity contribution in [2.45, 2.75) is 57.4 Å². The van der Waals surface area contributed by atoms with E-state index >= 15 is 0 Å². The molecule has 0 unspecified atom stereocenters. The van der Waals surface area contributed by atoms with Crippen LogP contribution in [0, 0.1) is 0 Å². The van der Waals surface area contributed by atoms with Gasteiger partial charge in [0.25, 0.3) is 0 Å². The second-order valence-corrected chi connectivity index (χ2v) is 7.84. The fraction of sp³-hybridized carbons (Fsp3) is 0.571. The van der Waals surface area contributed by atoms with E-state index in [0.29, 0.717) is 12.5 Å². The standard InChI is InChI=1S/C21H32N6.HI/c1-16(2)17-7-9-18(10-8-17)21(11-5-6-12-21)14-24-20(22-3)23-13-19-25-15-26-27(19)4;/h7-10,15-16H,5-6,11-14H2,1-4H3,(H2,22,23,24);1H. The van der Waals surface area contributed by atoms with Gasteiger partial charge in [0, 0.05) is 26.1 Å². The number of rotatable bonds is 6. The summed E-state index contributed by atoms with van der Waals surface area (Å²) in [5, 5.41) is 11.0. The summed E-state index contributed by atoms with van der Waals surface area (Å²) in [6.07, 6.45) is 6.60. The lowest BCUT2D eigenvalue weighted by molar-refractivity contribution is 0.431. The number of aliphatic imine (C=N–C) groups is 1. The van der Waals surface area contributed by atoms with Crippen molar-refractivity contribution in [3.8, 4) is 0 Å². The van der Waals surface area contributed by atoms with Crippen LogP contribution in [-0.2, 0) is 19.0 Å². The second-order valence-electron chi connectivity index (χ2n) is 7.84. The molecule has 3 rings (SSSR count). The Morgan fingerprint density at radius 2 is 1.86 bits per heavy atom. The fourth-order valence-electron chi connectivity index (χ4n) is 3.96. The molecule has 1 aliphatic rings. The summed E-state index contributed by atoms with van der Waals surface area (Å²) in [5.74, 6) is 2.27. The van der Waals surface area contributed by atoms with Crippen LogP contribution in [0.5, 0.6) is 0 Å². The van der Waals surface area contributed by atoms with Crippen LogP contribution in [0.2, 0.25) is 0 Å². The molecule has 1 saturated carbocycles. The monoisotopic (exact) mass is 496 g/mol. The summed E-state index contributed by atoms with van der Waals surface area (Å²) in [6, 6.07) is 9.25. The lowest BCUT2D eigenvalue weighted by Crippen LogP contribution is -2.44. The minimum absolute atomic E-state index is 0. The van der Waals surface area contributed by atoms with Gasteiger partial charge in [0.05, 0.1) is 6.54 Å². The summed E-state index contributed by atoms with van der Waals surface area (Å²) >= 11 is 0. The molecule has 1 aromatic heterocycles. The average Bonchev–Trinajstić information content (AvgIpc) is 3.32. The summed E-state index contributed by atoms with van der Waals surface area (Å²) in [7, 11) is 3.71. The number of benzene rings is 1. The lowest BCUT2D eigenvalue weighted by atomic mass is 9.78. The Hall–Kier alpha value is -1.64. The largest absolute Gasteiger partial charge is 0.356 e. The minimum Gasteiger partial charge on any atom is -0.356 e. The lowest BCUT2D eigenvalue weighted by Gasteiger charge is -2.31. The van der Waals surface area contributed by atoms with E-state index in [0.717, 1.165) is 18.3 Å². The van der Waals surface area contributed by atoms with Crippen molar-refractivity contribution in [1.29, 1.82) is 0 Å². The third kappa shape index (κ3) is 5.24. The zero-order valence-electron chi connectivity index (χ0n) is 17.4. The third-order valence-corrected chi connectivity index (χ3v) is 5.79. The first-order valence-electron chi connectivity index (χ1n) is 9.92. The Balaban J connectivity index is 0.00000280. The Morgan fingerprint density at radius 3 is 2.39 bits per heavy atom. The molecule has 0 aliphatic heterocycles. The summed E-state index contributed by atoms with van der Waals surface area (Å²) in [5.41, 5.74) is 3.04. The van der Waals surface area contributed by atoms with Gasteiger partial charge in [-0.25, -0.2) is 4.98 Å². The van der Waals surface area contributed by atoms with E-state index in [9.17, 15) is 0 Å². The molecule has 2 aromatic rings. The number of aromatic nitrogens is 3. The number of nitrogens with zero attached hydrogens (tertiary/aromatic N) is 4. The van der Waals surface area contributed by atoms with Crippen LogP contribution in [0.25, 0.3) is 0 Å². The molecule has 6 nitrogen and oxygen atoms in total. The van der Waals surface area contributed by atoms with Crippen molar-refractivity contribution in [3.63, 3.8) is 0 Å². The second kappa shape index (κ2) is 10.2. The van der Waals surface area contributed by atoms with Gasteiger partial charge in [-0.2, -0.15) is 5.10 Å². The average molecular weight is 496 g/mol. The first kappa shape index (κ1) is 22.6. The van der Waals surface area contributed by atoms with Crippen LogP contribution < -0.4 is 10.6 Å². The molecule has 0 radical (unpaired) electrons. The number of guanidine groups is 1. The van der Waals surface area contributed by atoms with Crippen molar-refractivity contribution in [2.24, 2.45) is 12.0 Å². The molecular formula is C21H33IN6. The number of halogens is 1. The van der Waals surface area contributed by atoms with Crippen LogP contribution in [0.1, 0.15) is 62.4 Å². The molecule has 2 N–H and O–H groups in total. The number of aryl methyl sites for hydroxylation is 1. The number of nitrogens with one attached hydrogen (secondary N) is 2. The van der Waals surface area contributed by atoms with Gasteiger partial charge in [-0.3, -0.25) is 9.67 Å². The maximum atomic E-state index is 4.38. The van der Waals surface area contributed by atoms with Crippen LogP contribution in [0.4, 0.5) is 0 Å². The molecule has 0 amide bonds. The van der Waals surface area contributed by atoms with Crippen molar-refractivity contribution >= 4 is 29.9 Å². The van der Waals surface area contributed by atoms with Crippen LogP contribution in [0.15, 0.2) is 35.6 Å². The molecule has 154 valence electrons. The summed E-state index contributed by atoms with van der Waals surface area (Å²) in [6.45, 7) is 5.99. The van der Waals surface area contributed by atoms with Gasteiger partial charge in [0.15, 0.2) is 5.96 Å². The highest BCUT2D eigenvalue weighted by Gasteiger charge is 2.35. The zero-order valence-corrected chi connectivity index (χ0v) is 19.7. The zero-order chi connectivity index (χ0) is 19.3. The van der Waals surface area contributed by atoms with Gasteiger partial charge in [-0.05, 0) is 29.9 Å². The smallest absolute Gasteiger partial charge is 0.191 e. The highest BCUT2D eigenvalue weighted by Crippen LogP contribution is 2.41. The highest BCUT2D eigenvalue weighted by molar-refractivity contribution is 14.0. The van der Waals surface area contributed by atoms with E-state index < -0.39 is 0 Å². The van der Waals surface area contributed by atoms with Crippen molar-refractivity contribution in [2.75, 3.05) is 13.6 Å². The maximum Gasteiger partial charge on any atom is 0.191 e. The molecule has 0 spiro atoms. The Morgan fingerprint density at radius 1 is 1.18 bits per heavy atom. The number of hydrogen-bond acceptors (Lipinski definition) is 3. The first-order chi connectivity index (χ1) is 13.0. The van der Waals surface area contributed by atoms with E-state index in [-0.39, 0.29) is 29.4 Å². The van der Waals surface area contributed by atoms with Gasteiger partial charge in [0.2, 0.25) is 0 Å². The van der Waals surface area contributed by atoms with Crippen molar-refractivity contribution in [3.05, 3.63) is 47.5 Å². The topological polar surface area (TPSA) is 67.1 Å². The molecular weight excluding hydrogens is 463 g/mol. The molecule has 7 heteroatoms. The molecule has 1 aromatic carbocycles. The maximum absolute atomic E-state index is 4.38. The van der Waals surface area contributed by atoms with E-state index in [2.05, 4.69) is 63.8 Å². The molecule has 0 saturated heterocycles. The van der Waals surface area contributed by atoms with Crippen molar-refractivity contribution < 1.29 is 0 Å². The molecule has 28 heavy (non-hydrogen) atoms. The number of hydrogen-bond donors (Lipinski definition) is 2. The molecule has 1 aliphatic carbocycles. The van der Waals surface area contributed by atoms with Gasteiger partial charge in [0.1, 0.15) is 12.2 Å². The first-order valence-corrected chi connectivity index (χ1v) is 9.92. The van der Waals surface area contributed by atoms with E-state index in [1.807, 2.05) is 14.1 Å². The summed E-state index contributed by atoms with van der Waals surface area (Å²) in [4.78, 5) is 8.63. The molecule has 1 heterocycles. The van der Waals surface area contributed by atoms with Gasteiger partial charge in [-0.15, -0.1) is 24.0 Å². The van der Waals surface area contributed by atoms with E-state index in [1.165, 1.54) is 36.8 Å². The van der Waals surface area contributed by atoms with Crippen LogP contribution >= 0.6 is 24.0 Å². The van der Waals surface area contributed by atoms with Gasteiger partial charge < -0.3 is 10.6 Å². The van der Waals surface area contributed by atoms with E-state index in [4.69, 9.17) is 0 Å². The third-order valence-electron chi connectivity index (χ3n) is 5.79. The summed E-state index contributed by atoms with van der Waals surface area (Å²) < 4.78 is 1.77. The van der Waals surface area contributed by atoms with Crippen molar-refractivity contribution in [1.82, 2.24) is 25.4 Å². The van der Waals surface area contributed by atoms with Gasteiger partial charge >= 0.3 is 0 Å². The Kier molecular flexibility index (Phi) is 8.27. The fourth-order valence-corrected chi connectivity index (χ4v) is 3.96. The quantitative estimate of drug-likeness (QED) is 0.364. The predicted molar refractivity (Wildman–Crippen MR) is 125 cm³/mol. The van der Waals surface area contributed by atoms with E-state index in [1.54, 1.807) is 11.0 Å². The molecule has 0 bridgehead atoms. The van der Waals surface area contributed by atoms with Gasteiger partial charge in [-0.1, -0.05) is 51.0 Å². The van der Waals surface area contributed by atoms with Crippen LogP contribution in [0.3, 0.4) is 0 Å². The Bertz CT molecular complexity index is 759. The molecule has 1 fully saturated rings. The Labute approximate surface area is 185 Å². The molecule has 0 atom stereocenters. The SMILES string of the molecule is CN=C(NCc1ncnn1C)NCC1(c2ccc(C(C)C)cc2)CCCC1.I. The normalized spacial score (nSPS) is 16.1. The van der Waals surface area contributed by atoms with Crippen LogP contribution in [-0.4, -0.2) is 34.3 Å². The predicted octanol–water partition coefficient (Wildman–Crippen LogP) is 3.73. The highest BCUT2D eigenvalue weighted by atomic mass is 127. The minimum atomic E-state index is 0.